The molecule has 0 aromatic rings. The van der Waals surface area contributed by atoms with Crippen LogP contribution in [0, 0.1) is 5.92 Å². The molecule has 0 amide bonds. The Labute approximate surface area is 100 Å². The average Bonchev–Trinajstić information content (AvgIpc) is 2.24. The van der Waals surface area contributed by atoms with Crippen LogP contribution in [0.5, 0.6) is 0 Å². The molecule has 1 aliphatic rings. The van der Waals surface area contributed by atoms with Crippen LogP contribution in [-0.4, -0.2) is 37.4 Å². The summed E-state index contributed by atoms with van der Waals surface area (Å²) in [6.07, 6.45) is 3.54. The first-order valence-electron chi connectivity index (χ1n) is 6.27. The van der Waals surface area contributed by atoms with Crippen molar-refractivity contribution in [2.45, 2.75) is 45.0 Å². The van der Waals surface area contributed by atoms with Gasteiger partial charge in [0.05, 0.1) is 0 Å². The Hall–Kier alpha value is -0.475. The van der Waals surface area contributed by atoms with Gasteiger partial charge in [0.25, 0.3) is 0 Å². The molecule has 0 saturated carbocycles. The zero-order chi connectivity index (χ0) is 12.1. The first-order valence-corrected chi connectivity index (χ1v) is 6.27. The molecule has 1 aliphatic heterocycles. The molecule has 0 aliphatic carbocycles. The van der Waals surface area contributed by atoms with Crippen LogP contribution in [0.2, 0.25) is 13.1 Å². The third kappa shape index (κ3) is 3.83. The molecule has 3 atom stereocenters. The van der Waals surface area contributed by atoms with Crippen LogP contribution in [-0.2, 0) is 0 Å². The van der Waals surface area contributed by atoms with Crippen LogP contribution >= 0.6 is 0 Å². The van der Waals surface area contributed by atoms with Gasteiger partial charge in [-0.05, 0) is 19.3 Å². The van der Waals surface area contributed by atoms with E-state index in [1.807, 2.05) is 6.92 Å². The fourth-order valence-electron chi connectivity index (χ4n) is 2.38. The first-order chi connectivity index (χ1) is 7.54. The first kappa shape index (κ1) is 13.6. The minimum atomic E-state index is 0.0312. The molecule has 1 radical (unpaired) electrons. The quantitative estimate of drug-likeness (QED) is 0.684. The summed E-state index contributed by atoms with van der Waals surface area (Å²) in [5.74, 6) is 0.690. The Kier molecular flexibility index (Phi) is 5.36. The number of hydrogen-bond acceptors (Lipinski definition) is 3. The highest BCUT2D eigenvalue weighted by Gasteiger charge is 2.26. The van der Waals surface area contributed by atoms with Crippen molar-refractivity contribution < 1.29 is 0 Å². The highest BCUT2D eigenvalue weighted by atomic mass is 15.2. The Morgan fingerprint density at radius 1 is 1.56 bits per heavy atom. The summed E-state index contributed by atoms with van der Waals surface area (Å²) < 4.78 is 0. The average molecular weight is 222 g/mol. The molecule has 0 spiro atoms. The van der Waals surface area contributed by atoms with Crippen LogP contribution < -0.4 is 11.5 Å². The molecule has 16 heavy (non-hydrogen) atoms. The lowest BCUT2D eigenvalue weighted by atomic mass is 9.73. The summed E-state index contributed by atoms with van der Waals surface area (Å²) in [6, 6.07) is 0.301. The minimum absolute atomic E-state index is 0.0312. The van der Waals surface area contributed by atoms with E-state index >= 15 is 0 Å². The Morgan fingerprint density at radius 3 is 2.81 bits per heavy atom. The topological polar surface area (TPSA) is 55.3 Å². The summed E-state index contributed by atoms with van der Waals surface area (Å²) in [6.45, 7) is 10.1. The van der Waals surface area contributed by atoms with Crippen molar-refractivity contribution in [2.24, 2.45) is 17.4 Å². The van der Waals surface area contributed by atoms with E-state index in [1.165, 1.54) is 12.7 Å². The van der Waals surface area contributed by atoms with Gasteiger partial charge in [-0.25, -0.2) is 0 Å². The molecule has 0 bridgehead atoms. The molecule has 3 unspecified atom stereocenters. The van der Waals surface area contributed by atoms with Crippen molar-refractivity contribution in [3.05, 3.63) is 12.3 Å². The van der Waals surface area contributed by atoms with Gasteiger partial charge < -0.3 is 16.4 Å². The molecule has 4 heteroatoms. The van der Waals surface area contributed by atoms with E-state index in [-0.39, 0.29) is 12.1 Å². The maximum absolute atomic E-state index is 6.09. The van der Waals surface area contributed by atoms with Crippen molar-refractivity contribution >= 4 is 7.28 Å². The lowest BCUT2D eigenvalue weighted by Crippen LogP contribution is -2.48. The second-order valence-electron chi connectivity index (χ2n) is 5.03. The van der Waals surface area contributed by atoms with E-state index in [4.69, 9.17) is 11.5 Å². The zero-order valence-corrected chi connectivity index (χ0v) is 10.7. The number of rotatable bonds is 5. The Bertz CT molecular complexity index is 230. The minimum Gasteiger partial charge on any atom is -0.372 e. The second kappa shape index (κ2) is 6.31. The van der Waals surface area contributed by atoms with Crippen molar-refractivity contribution in [3.63, 3.8) is 0 Å². The van der Waals surface area contributed by atoms with Gasteiger partial charge in [-0.1, -0.05) is 26.1 Å². The number of nitrogens with zero attached hydrogens (tertiary/aromatic N) is 1. The van der Waals surface area contributed by atoms with Gasteiger partial charge in [-0.15, -0.1) is 0 Å². The third-order valence-electron chi connectivity index (χ3n) is 3.36. The van der Waals surface area contributed by atoms with Crippen LogP contribution in [0.3, 0.4) is 0 Å². The van der Waals surface area contributed by atoms with Crippen molar-refractivity contribution in [1.29, 1.82) is 0 Å². The molecule has 4 N–H and O–H groups in total. The largest absolute Gasteiger partial charge is 0.372 e. The maximum atomic E-state index is 6.09. The number of piperidine rings is 1. The molecule has 0 aromatic heterocycles. The van der Waals surface area contributed by atoms with E-state index in [1.54, 1.807) is 0 Å². The number of likely N-dealkylation sites (tertiary alicyclic amines) is 1. The van der Waals surface area contributed by atoms with Crippen LogP contribution in [0.25, 0.3) is 0 Å². The predicted molar refractivity (Wildman–Crippen MR) is 71.5 cm³/mol. The summed E-state index contributed by atoms with van der Waals surface area (Å²) in [5.41, 5.74) is 13.0. The fraction of sp³-hybridized carbons (Fsp3) is 0.833. The van der Waals surface area contributed by atoms with Gasteiger partial charge in [-0.2, -0.15) is 0 Å². The van der Waals surface area contributed by atoms with E-state index in [0.717, 1.165) is 25.2 Å². The lowest BCUT2D eigenvalue weighted by molar-refractivity contribution is 0.185. The SMILES string of the molecule is C=C(C(C)N)N1CC(N)CC(CC[B]C)C1. The molecule has 3 nitrogen and oxygen atoms in total. The molecule has 1 saturated heterocycles. The fourth-order valence-corrected chi connectivity index (χ4v) is 2.38. The van der Waals surface area contributed by atoms with Crippen molar-refractivity contribution in [3.8, 4) is 0 Å². The summed E-state index contributed by atoms with van der Waals surface area (Å²) >= 11 is 0. The van der Waals surface area contributed by atoms with E-state index in [2.05, 4.69) is 25.6 Å². The molecule has 1 fully saturated rings. The highest BCUT2D eigenvalue weighted by Crippen LogP contribution is 2.23. The molecule has 1 rings (SSSR count). The van der Waals surface area contributed by atoms with E-state index in [9.17, 15) is 0 Å². The number of nitrogens with two attached hydrogens (primary N) is 2. The van der Waals surface area contributed by atoms with E-state index in [0.29, 0.717) is 5.92 Å². The second-order valence-corrected chi connectivity index (χ2v) is 5.03. The molecular weight excluding hydrogens is 197 g/mol. The highest BCUT2D eigenvalue weighted by molar-refractivity contribution is 6.33. The van der Waals surface area contributed by atoms with Crippen molar-refractivity contribution in [2.75, 3.05) is 13.1 Å². The Morgan fingerprint density at radius 2 is 2.25 bits per heavy atom. The standard InChI is InChI=1S/C12H25BN3/c1-9(14)10(2)16-7-11(4-5-13-3)6-12(15)8-16/h9,11-12H,2,4-8,14-15H2,1,3H3. The molecule has 0 aromatic carbocycles. The van der Waals surface area contributed by atoms with Gasteiger partial charge in [0.2, 0.25) is 0 Å². The normalized spacial score (nSPS) is 27.6. The van der Waals surface area contributed by atoms with Crippen LogP contribution in [0.4, 0.5) is 0 Å². The summed E-state index contributed by atoms with van der Waals surface area (Å²) in [4.78, 5) is 2.28. The Balaban J connectivity index is 2.50. The summed E-state index contributed by atoms with van der Waals surface area (Å²) in [5, 5.41) is 0. The summed E-state index contributed by atoms with van der Waals surface area (Å²) in [7, 11) is 2.23. The van der Waals surface area contributed by atoms with Crippen LogP contribution in [0.15, 0.2) is 12.3 Å². The monoisotopic (exact) mass is 222 g/mol. The van der Waals surface area contributed by atoms with Gasteiger partial charge in [0.1, 0.15) is 7.28 Å². The smallest absolute Gasteiger partial charge is 0.105 e. The van der Waals surface area contributed by atoms with Gasteiger partial charge in [-0.3, -0.25) is 0 Å². The van der Waals surface area contributed by atoms with Gasteiger partial charge in [0, 0.05) is 30.9 Å². The zero-order valence-electron chi connectivity index (χ0n) is 10.7. The van der Waals surface area contributed by atoms with Gasteiger partial charge >= 0.3 is 0 Å². The van der Waals surface area contributed by atoms with E-state index < -0.39 is 0 Å². The molecule has 1 heterocycles. The molecule has 91 valence electrons. The van der Waals surface area contributed by atoms with Gasteiger partial charge in [0.15, 0.2) is 0 Å². The third-order valence-corrected chi connectivity index (χ3v) is 3.36. The lowest BCUT2D eigenvalue weighted by Gasteiger charge is -2.40. The van der Waals surface area contributed by atoms with Crippen LogP contribution in [0.1, 0.15) is 19.8 Å². The molecular formula is C12H25BN3. The van der Waals surface area contributed by atoms with Crippen molar-refractivity contribution in [1.82, 2.24) is 4.90 Å². The predicted octanol–water partition coefficient (Wildman–Crippen LogP) is 1.06. The maximum Gasteiger partial charge on any atom is 0.105 e. The number of hydrogen-bond donors (Lipinski definition) is 2.